The Morgan fingerprint density at radius 1 is 1.33 bits per heavy atom. The van der Waals surface area contributed by atoms with Crippen LogP contribution in [0.2, 0.25) is 5.02 Å². The van der Waals surface area contributed by atoms with Crippen LogP contribution in [0.25, 0.3) is 0 Å². The number of carbonyl (C=O) groups is 1. The predicted octanol–water partition coefficient (Wildman–Crippen LogP) is 2.99. The standard InChI is InChI=1S/C11H12ClF3N2O/c12-8-4-7(5-9(16)6-8)10(18)17-3-1-2-11(13,14)15/h4-6H,1-3,16H2,(H,17,18). The van der Waals surface area contributed by atoms with Gasteiger partial charge >= 0.3 is 6.18 Å². The van der Waals surface area contributed by atoms with Gasteiger partial charge in [-0.25, -0.2) is 0 Å². The van der Waals surface area contributed by atoms with Gasteiger partial charge in [-0.1, -0.05) is 11.6 Å². The third kappa shape index (κ3) is 5.27. The lowest BCUT2D eigenvalue weighted by atomic mass is 10.2. The van der Waals surface area contributed by atoms with Gasteiger partial charge in [-0.15, -0.1) is 0 Å². The summed E-state index contributed by atoms with van der Waals surface area (Å²) in [6.07, 6.45) is -5.29. The van der Waals surface area contributed by atoms with E-state index in [9.17, 15) is 18.0 Å². The molecule has 0 aliphatic rings. The normalized spacial score (nSPS) is 11.3. The number of nitrogen functional groups attached to an aromatic ring is 1. The summed E-state index contributed by atoms with van der Waals surface area (Å²) in [4.78, 5) is 11.6. The van der Waals surface area contributed by atoms with Gasteiger partial charge in [-0.3, -0.25) is 4.79 Å². The maximum Gasteiger partial charge on any atom is 0.389 e. The number of rotatable bonds is 4. The van der Waals surface area contributed by atoms with Crippen molar-refractivity contribution in [2.24, 2.45) is 0 Å². The van der Waals surface area contributed by atoms with Crippen molar-refractivity contribution in [2.45, 2.75) is 19.0 Å². The van der Waals surface area contributed by atoms with Crippen molar-refractivity contribution in [3.8, 4) is 0 Å². The average molecular weight is 281 g/mol. The van der Waals surface area contributed by atoms with E-state index >= 15 is 0 Å². The van der Waals surface area contributed by atoms with Gasteiger partial charge in [0.1, 0.15) is 0 Å². The Labute approximate surface area is 107 Å². The van der Waals surface area contributed by atoms with E-state index in [4.69, 9.17) is 17.3 Å². The van der Waals surface area contributed by atoms with Crippen molar-refractivity contribution in [1.82, 2.24) is 5.32 Å². The van der Waals surface area contributed by atoms with E-state index in [2.05, 4.69) is 5.32 Å². The molecule has 100 valence electrons. The minimum absolute atomic E-state index is 0.0508. The van der Waals surface area contributed by atoms with Crippen LogP contribution in [0.15, 0.2) is 18.2 Å². The van der Waals surface area contributed by atoms with Gasteiger partial charge in [0, 0.05) is 29.2 Å². The lowest BCUT2D eigenvalue weighted by Gasteiger charge is -2.08. The molecule has 1 aromatic carbocycles. The van der Waals surface area contributed by atoms with Gasteiger partial charge < -0.3 is 11.1 Å². The highest BCUT2D eigenvalue weighted by atomic mass is 35.5. The minimum Gasteiger partial charge on any atom is -0.399 e. The van der Waals surface area contributed by atoms with Gasteiger partial charge in [-0.2, -0.15) is 13.2 Å². The lowest BCUT2D eigenvalue weighted by molar-refractivity contribution is -0.135. The molecule has 1 amide bonds. The maximum absolute atomic E-state index is 11.9. The van der Waals surface area contributed by atoms with E-state index in [1.807, 2.05) is 0 Å². The van der Waals surface area contributed by atoms with Crippen LogP contribution in [0, 0.1) is 0 Å². The highest BCUT2D eigenvalue weighted by Gasteiger charge is 2.25. The van der Waals surface area contributed by atoms with Gasteiger partial charge in [0.05, 0.1) is 0 Å². The zero-order valence-corrected chi connectivity index (χ0v) is 10.1. The van der Waals surface area contributed by atoms with E-state index in [1.54, 1.807) is 0 Å². The summed E-state index contributed by atoms with van der Waals surface area (Å²) >= 11 is 5.71. The fourth-order valence-corrected chi connectivity index (χ4v) is 1.58. The molecular formula is C11H12ClF3N2O. The Balaban J connectivity index is 2.46. The van der Waals surface area contributed by atoms with E-state index in [1.165, 1.54) is 18.2 Å². The summed E-state index contributed by atoms with van der Waals surface area (Å²) in [5, 5.41) is 2.67. The monoisotopic (exact) mass is 280 g/mol. The number of hydrogen-bond acceptors (Lipinski definition) is 2. The first-order valence-electron chi connectivity index (χ1n) is 5.19. The van der Waals surface area contributed by atoms with Gasteiger partial charge in [0.25, 0.3) is 5.91 Å². The topological polar surface area (TPSA) is 55.1 Å². The van der Waals surface area contributed by atoms with Crippen LogP contribution in [-0.4, -0.2) is 18.6 Å². The molecule has 0 aliphatic heterocycles. The van der Waals surface area contributed by atoms with Crippen molar-refractivity contribution >= 4 is 23.2 Å². The molecule has 0 atom stereocenters. The first-order valence-corrected chi connectivity index (χ1v) is 5.57. The largest absolute Gasteiger partial charge is 0.399 e. The molecule has 18 heavy (non-hydrogen) atoms. The molecule has 3 nitrogen and oxygen atoms in total. The predicted molar refractivity (Wildman–Crippen MR) is 63.5 cm³/mol. The van der Waals surface area contributed by atoms with Crippen LogP contribution in [0.5, 0.6) is 0 Å². The number of nitrogens with two attached hydrogens (primary N) is 1. The van der Waals surface area contributed by atoms with Crippen molar-refractivity contribution in [1.29, 1.82) is 0 Å². The molecule has 0 aliphatic carbocycles. The fourth-order valence-electron chi connectivity index (χ4n) is 1.34. The Hall–Kier alpha value is -1.43. The number of nitrogens with one attached hydrogen (secondary N) is 1. The highest BCUT2D eigenvalue weighted by molar-refractivity contribution is 6.31. The van der Waals surface area contributed by atoms with Crippen LogP contribution >= 0.6 is 11.6 Å². The number of alkyl halides is 3. The van der Waals surface area contributed by atoms with Crippen molar-refractivity contribution in [3.63, 3.8) is 0 Å². The molecule has 7 heteroatoms. The molecular weight excluding hydrogens is 269 g/mol. The van der Waals surface area contributed by atoms with E-state index in [0.717, 1.165) is 0 Å². The fraction of sp³-hybridized carbons (Fsp3) is 0.364. The van der Waals surface area contributed by atoms with Crippen LogP contribution in [-0.2, 0) is 0 Å². The lowest BCUT2D eigenvalue weighted by Crippen LogP contribution is -2.25. The molecule has 0 saturated carbocycles. The Kier molecular flexibility index (Phi) is 4.84. The number of anilines is 1. The summed E-state index contributed by atoms with van der Waals surface area (Å²) in [6.45, 7) is -0.0508. The smallest absolute Gasteiger partial charge is 0.389 e. The zero-order valence-electron chi connectivity index (χ0n) is 9.35. The van der Waals surface area contributed by atoms with Gasteiger partial charge in [0.15, 0.2) is 0 Å². The Bertz CT molecular complexity index is 415. The molecule has 3 N–H and O–H groups in total. The molecule has 0 radical (unpaired) electrons. The molecule has 0 spiro atoms. The summed E-state index contributed by atoms with van der Waals surface area (Å²) in [7, 11) is 0. The van der Waals surface area contributed by atoms with Gasteiger partial charge in [0.2, 0.25) is 0 Å². The molecule has 0 bridgehead atoms. The van der Waals surface area contributed by atoms with Crippen molar-refractivity contribution in [3.05, 3.63) is 28.8 Å². The summed E-state index contributed by atoms with van der Waals surface area (Å²) < 4.78 is 35.6. The summed E-state index contributed by atoms with van der Waals surface area (Å²) in [6, 6.07) is 4.28. The Morgan fingerprint density at radius 3 is 2.56 bits per heavy atom. The van der Waals surface area contributed by atoms with Crippen molar-refractivity contribution < 1.29 is 18.0 Å². The van der Waals surface area contributed by atoms with Crippen LogP contribution in [0.3, 0.4) is 0 Å². The second kappa shape index (κ2) is 5.95. The molecule has 0 aromatic heterocycles. The number of carbonyl (C=O) groups excluding carboxylic acids is 1. The Morgan fingerprint density at radius 2 is 2.00 bits per heavy atom. The average Bonchev–Trinajstić information content (AvgIpc) is 2.21. The van der Waals surface area contributed by atoms with Crippen molar-refractivity contribution in [2.75, 3.05) is 12.3 Å². The first kappa shape index (κ1) is 14.6. The highest BCUT2D eigenvalue weighted by Crippen LogP contribution is 2.21. The van der Waals surface area contributed by atoms with E-state index in [0.29, 0.717) is 10.7 Å². The molecule has 1 rings (SSSR count). The molecule has 1 aromatic rings. The molecule has 0 fully saturated rings. The summed E-state index contributed by atoms with van der Waals surface area (Å²) in [5.74, 6) is -0.494. The zero-order chi connectivity index (χ0) is 13.8. The molecule has 0 heterocycles. The first-order chi connectivity index (χ1) is 8.28. The SMILES string of the molecule is Nc1cc(Cl)cc(C(=O)NCCCC(F)(F)F)c1. The van der Waals surface area contributed by atoms with Crippen LogP contribution < -0.4 is 11.1 Å². The molecule has 0 saturated heterocycles. The van der Waals surface area contributed by atoms with Crippen LogP contribution in [0.1, 0.15) is 23.2 Å². The number of amides is 1. The number of benzene rings is 1. The number of hydrogen-bond donors (Lipinski definition) is 2. The minimum atomic E-state index is -4.20. The summed E-state index contributed by atoms with van der Waals surface area (Å²) in [5.41, 5.74) is 6.05. The van der Waals surface area contributed by atoms with Gasteiger partial charge in [-0.05, 0) is 24.6 Å². The van der Waals surface area contributed by atoms with E-state index < -0.39 is 18.5 Å². The van der Waals surface area contributed by atoms with Crippen LogP contribution in [0.4, 0.5) is 18.9 Å². The van der Waals surface area contributed by atoms with E-state index in [-0.39, 0.29) is 18.5 Å². The maximum atomic E-state index is 11.9. The third-order valence-corrected chi connectivity index (χ3v) is 2.32. The quantitative estimate of drug-likeness (QED) is 0.658. The second-order valence-corrected chi connectivity index (χ2v) is 4.18. The molecule has 0 unspecified atom stereocenters. The number of halogens is 4. The second-order valence-electron chi connectivity index (χ2n) is 3.75. The third-order valence-electron chi connectivity index (χ3n) is 2.10.